The second kappa shape index (κ2) is 12.3. The van der Waals surface area contributed by atoms with E-state index in [0.717, 1.165) is 12.0 Å². The molecule has 0 aromatic heterocycles. The number of hydrogen-bond donors (Lipinski definition) is 1. The Hall–Kier alpha value is -4.35. The lowest BCUT2D eigenvalue weighted by molar-refractivity contribution is -0.136. The summed E-state index contributed by atoms with van der Waals surface area (Å²) in [5.41, 5.74) is 7.87. The van der Waals surface area contributed by atoms with E-state index in [1.807, 2.05) is 32.0 Å². The fraction of sp³-hybridized carbons (Fsp3) is 0.241. The Bertz CT molecular complexity index is 1400. The lowest BCUT2D eigenvalue weighted by Gasteiger charge is -2.27. The van der Waals surface area contributed by atoms with Crippen LogP contribution in [0.25, 0.3) is 0 Å². The number of ether oxygens (including phenoxy) is 5. The third-order valence-corrected chi connectivity index (χ3v) is 5.87. The van der Waals surface area contributed by atoms with Crippen LogP contribution in [-0.2, 0) is 4.79 Å². The first kappa shape index (κ1) is 26.7. The second-order valence-corrected chi connectivity index (χ2v) is 8.77. The maximum absolute atomic E-state index is 12.4. The number of nitrogens with two attached hydrogens (primary N) is 1. The van der Waals surface area contributed by atoms with Gasteiger partial charge < -0.3 is 29.4 Å². The summed E-state index contributed by atoms with van der Waals surface area (Å²) in [5.74, 6) is 1.12. The van der Waals surface area contributed by atoms with Gasteiger partial charge in [-0.05, 0) is 55.3 Å². The van der Waals surface area contributed by atoms with Crippen LogP contribution in [0.1, 0.15) is 37.3 Å². The molecular formula is C29H27ClN2O6. The van der Waals surface area contributed by atoms with Gasteiger partial charge in [0.05, 0.1) is 19.1 Å². The average Bonchev–Trinajstić information content (AvgIpc) is 2.90. The molecule has 196 valence electrons. The van der Waals surface area contributed by atoms with Crippen molar-refractivity contribution in [2.45, 2.75) is 26.2 Å². The number of nitriles is 1. The molecule has 8 nitrogen and oxygen atoms in total. The number of hydrogen-bond acceptors (Lipinski definition) is 8. The van der Waals surface area contributed by atoms with E-state index in [1.165, 1.54) is 0 Å². The fourth-order valence-corrected chi connectivity index (χ4v) is 4.19. The van der Waals surface area contributed by atoms with Gasteiger partial charge in [-0.15, -0.1) is 0 Å². The number of esters is 1. The van der Waals surface area contributed by atoms with Crippen molar-refractivity contribution in [3.63, 3.8) is 0 Å². The summed E-state index contributed by atoms with van der Waals surface area (Å²) in [6.07, 6.45) is 0.859. The molecule has 0 radical (unpaired) electrons. The summed E-state index contributed by atoms with van der Waals surface area (Å²) in [5, 5.41) is 10.4. The molecule has 0 fully saturated rings. The number of benzene rings is 3. The van der Waals surface area contributed by atoms with Crippen molar-refractivity contribution in [1.29, 1.82) is 5.26 Å². The van der Waals surface area contributed by atoms with Gasteiger partial charge in [0.25, 0.3) is 0 Å². The SMILES string of the molecule is CCCOc1ccc(C2C(C#N)=C(N)Oc3cc(OC(=O)COc4cccc(Cl)c4)ccc32)cc1OCC. The van der Waals surface area contributed by atoms with Gasteiger partial charge >= 0.3 is 5.97 Å². The van der Waals surface area contributed by atoms with Crippen LogP contribution in [0.15, 0.2) is 72.1 Å². The molecule has 0 bridgehead atoms. The van der Waals surface area contributed by atoms with Crippen LogP contribution in [0.4, 0.5) is 0 Å². The third-order valence-electron chi connectivity index (χ3n) is 5.64. The van der Waals surface area contributed by atoms with Crippen molar-refractivity contribution in [2.24, 2.45) is 5.73 Å². The number of fused-ring (bicyclic) bond motifs is 1. The number of halogens is 1. The van der Waals surface area contributed by atoms with Crippen molar-refractivity contribution in [2.75, 3.05) is 19.8 Å². The van der Waals surface area contributed by atoms with Crippen LogP contribution >= 0.6 is 11.6 Å². The molecule has 4 rings (SSSR count). The zero-order valence-corrected chi connectivity index (χ0v) is 21.8. The Morgan fingerprint density at radius 2 is 1.87 bits per heavy atom. The van der Waals surface area contributed by atoms with Crippen LogP contribution in [0.3, 0.4) is 0 Å². The smallest absolute Gasteiger partial charge is 0.349 e. The molecule has 2 N–H and O–H groups in total. The lowest BCUT2D eigenvalue weighted by Crippen LogP contribution is -2.22. The van der Waals surface area contributed by atoms with Crippen LogP contribution < -0.4 is 29.4 Å². The summed E-state index contributed by atoms with van der Waals surface area (Å²) in [6, 6.07) is 19.4. The predicted octanol–water partition coefficient (Wildman–Crippen LogP) is 5.73. The highest BCUT2D eigenvalue weighted by Crippen LogP contribution is 2.45. The minimum atomic E-state index is -0.609. The van der Waals surface area contributed by atoms with Crippen LogP contribution in [0, 0.1) is 11.3 Å². The predicted molar refractivity (Wildman–Crippen MR) is 142 cm³/mol. The summed E-state index contributed by atoms with van der Waals surface area (Å²) in [4.78, 5) is 12.4. The van der Waals surface area contributed by atoms with E-state index in [-0.39, 0.29) is 23.8 Å². The summed E-state index contributed by atoms with van der Waals surface area (Å²) in [7, 11) is 0. The monoisotopic (exact) mass is 534 g/mol. The minimum absolute atomic E-state index is 0.0259. The zero-order valence-electron chi connectivity index (χ0n) is 21.0. The van der Waals surface area contributed by atoms with E-state index in [2.05, 4.69) is 6.07 Å². The molecule has 0 spiro atoms. The number of carbonyl (C=O) groups excluding carboxylic acids is 1. The van der Waals surface area contributed by atoms with Gasteiger partial charge in [-0.3, -0.25) is 0 Å². The molecule has 1 unspecified atom stereocenters. The Morgan fingerprint density at radius 1 is 1.03 bits per heavy atom. The second-order valence-electron chi connectivity index (χ2n) is 8.33. The summed E-state index contributed by atoms with van der Waals surface area (Å²) in [6.45, 7) is 4.62. The molecule has 0 saturated carbocycles. The molecule has 1 atom stereocenters. The van der Waals surface area contributed by atoms with E-state index in [9.17, 15) is 10.1 Å². The zero-order chi connectivity index (χ0) is 27.1. The maximum atomic E-state index is 12.4. The van der Waals surface area contributed by atoms with Gasteiger partial charge in [-0.25, -0.2) is 4.79 Å². The molecule has 3 aromatic rings. The number of nitrogens with zero attached hydrogens (tertiary/aromatic N) is 1. The highest BCUT2D eigenvalue weighted by atomic mass is 35.5. The first-order valence-corrected chi connectivity index (χ1v) is 12.5. The molecule has 1 aliphatic rings. The van der Waals surface area contributed by atoms with Gasteiger partial charge in [0, 0.05) is 16.7 Å². The molecule has 0 amide bonds. The number of rotatable bonds is 10. The molecule has 0 saturated heterocycles. The maximum Gasteiger partial charge on any atom is 0.349 e. The van der Waals surface area contributed by atoms with Gasteiger partial charge in [0.1, 0.15) is 28.9 Å². The van der Waals surface area contributed by atoms with E-state index in [4.69, 9.17) is 41.0 Å². The Morgan fingerprint density at radius 3 is 2.61 bits per heavy atom. The first-order chi connectivity index (χ1) is 18.4. The number of carbonyl (C=O) groups is 1. The van der Waals surface area contributed by atoms with E-state index >= 15 is 0 Å². The topological polar surface area (TPSA) is 113 Å². The largest absolute Gasteiger partial charge is 0.490 e. The standard InChI is InChI=1S/C29H27ClN2O6/c1-3-12-35-24-11-8-18(13-26(24)34-4-2)28-22-10-9-21(15-25(22)38-29(32)23(28)16-31)37-27(33)17-36-20-7-5-6-19(30)14-20/h5-11,13-15,28H,3-4,12,17,32H2,1-2H3. The molecule has 0 aliphatic carbocycles. The van der Waals surface area contributed by atoms with Crippen molar-refractivity contribution in [3.05, 3.63) is 88.3 Å². The van der Waals surface area contributed by atoms with Crippen molar-refractivity contribution >= 4 is 17.6 Å². The summed E-state index contributed by atoms with van der Waals surface area (Å²) >= 11 is 5.94. The quantitative estimate of drug-likeness (QED) is 0.259. The molecule has 1 heterocycles. The van der Waals surface area contributed by atoms with E-state index in [0.29, 0.717) is 46.8 Å². The van der Waals surface area contributed by atoms with Crippen molar-refractivity contribution in [1.82, 2.24) is 0 Å². The normalized spacial score (nSPS) is 14.1. The van der Waals surface area contributed by atoms with Crippen molar-refractivity contribution < 1.29 is 28.5 Å². The first-order valence-electron chi connectivity index (χ1n) is 12.1. The Balaban J connectivity index is 1.58. The van der Waals surface area contributed by atoms with Gasteiger partial charge in [-0.2, -0.15) is 5.26 Å². The molecular weight excluding hydrogens is 508 g/mol. The highest BCUT2D eigenvalue weighted by Gasteiger charge is 2.32. The Labute approximate surface area is 226 Å². The lowest BCUT2D eigenvalue weighted by atomic mass is 9.83. The minimum Gasteiger partial charge on any atom is -0.490 e. The number of allylic oxidation sites excluding steroid dienone is 1. The molecule has 38 heavy (non-hydrogen) atoms. The van der Waals surface area contributed by atoms with Crippen LogP contribution in [-0.4, -0.2) is 25.8 Å². The molecule has 1 aliphatic heterocycles. The van der Waals surface area contributed by atoms with Crippen molar-refractivity contribution in [3.8, 4) is 34.8 Å². The molecule has 9 heteroatoms. The highest BCUT2D eigenvalue weighted by molar-refractivity contribution is 6.30. The van der Waals surface area contributed by atoms with Crippen LogP contribution in [0.2, 0.25) is 5.02 Å². The van der Waals surface area contributed by atoms with E-state index in [1.54, 1.807) is 42.5 Å². The van der Waals surface area contributed by atoms with Gasteiger partial charge in [-0.1, -0.05) is 36.7 Å². The molecule has 3 aromatic carbocycles. The average molecular weight is 535 g/mol. The van der Waals surface area contributed by atoms with Gasteiger partial charge in [0.15, 0.2) is 18.1 Å². The van der Waals surface area contributed by atoms with E-state index < -0.39 is 11.9 Å². The fourth-order valence-electron chi connectivity index (χ4n) is 4.01. The van der Waals surface area contributed by atoms with Gasteiger partial charge in [0.2, 0.25) is 5.88 Å². The summed E-state index contributed by atoms with van der Waals surface area (Å²) < 4.78 is 28.2. The van der Waals surface area contributed by atoms with Crippen LogP contribution in [0.5, 0.6) is 28.7 Å². The Kier molecular flexibility index (Phi) is 8.62. The third kappa shape index (κ3) is 6.13.